The molecular weight excluding hydrogens is 405 g/mol. The van der Waals surface area contributed by atoms with Crippen LogP contribution in [0.4, 0.5) is 0 Å². The van der Waals surface area contributed by atoms with Crippen LogP contribution in [-0.4, -0.2) is 46.7 Å². The van der Waals surface area contributed by atoms with Gasteiger partial charge in [0.2, 0.25) is 10.8 Å². The molecule has 8 nitrogen and oxygen atoms in total. The number of carbonyl (C=O) groups is 1. The van der Waals surface area contributed by atoms with Gasteiger partial charge in [-0.3, -0.25) is 4.99 Å². The van der Waals surface area contributed by atoms with Crippen molar-refractivity contribution in [1.82, 2.24) is 10.4 Å². The summed E-state index contributed by atoms with van der Waals surface area (Å²) in [4.78, 5) is 15.5. The number of hydrazone groups is 1. The molecule has 0 aliphatic carbocycles. The molecule has 0 fully saturated rings. The molecule has 0 radical (unpaired) electrons. The van der Waals surface area contributed by atoms with E-state index < -0.39 is 10.8 Å². The number of carboxylic acids is 1. The zero-order valence-electron chi connectivity index (χ0n) is 15.8. The standard InChI is InChI=1S/C16H23N5O.C2H2Cl2O2/c1-3-4-5-8-18-16(17)21-20-11-12-10-19-15-7-6-13(22-2)9-14(12)15;3-1(4)2(5)6/h6-7,9-11,19H,3-5,8H2,1-2H3,(H3,17,18,21);1H,(H,5,6)/b20-11-;. The fraction of sp³-hybridized carbons (Fsp3) is 0.389. The lowest BCUT2D eigenvalue weighted by molar-refractivity contribution is -0.135. The normalized spacial score (nSPS) is 11.5. The molecule has 5 N–H and O–H groups in total. The molecule has 0 saturated heterocycles. The van der Waals surface area contributed by atoms with Crippen LogP contribution < -0.4 is 15.9 Å². The second-order valence-electron chi connectivity index (χ2n) is 5.64. The van der Waals surface area contributed by atoms with Gasteiger partial charge in [0.1, 0.15) is 5.75 Å². The zero-order valence-corrected chi connectivity index (χ0v) is 17.3. The number of rotatable bonds is 8. The Balaban J connectivity index is 0.000000568. The molecule has 28 heavy (non-hydrogen) atoms. The number of benzene rings is 1. The number of nitrogens with zero attached hydrogens (tertiary/aromatic N) is 2. The number of methoxy groups -OCH3 is 1. The number of carboxylic acid groups (broad SMARTS) is 1. The molecule has 0 spiro atoms. The first kappa shape index (κ1) is 23.6. The Kier molecular flexibility index (Phi) is 10.8. The molecule has 0 amide bonds. The number of H-pyrrole nitrogens is 1. The van der Waals surface area contributed by atoms with E-state index in [2.05, 4.69) is 27.4 Å². The molecule has 154 valence electrons. The van der Waals surface area contributed by atoms with Crippen LogP contribution in [0.3, 0.4) is 0 Å². The Morgan fingerprint density at radius 3 is 2.75 bits per heavy atom. The summed E-state index contributed by atoms with van der Waals surface area (Å²) in [7, 11) is 1.65. The Hall–Kier alpha value is -2.45. The van der Waals surface area contributed by atoms with E-state index in [0.29, 0.717) is 5.96 Å². The highest BCUT2D eigenvalue weighted by Gasteiger charge is 2.05. The third-order valence-electron chi connectivity index (χ3n) is 3.53. The number of aliphatic carboxylic acids is 1. The van der Waals surface area contributed by atoms with Crippen LogP contribution in [0.1, 0.15) is 31.7 Å². The van der Waals surface area contributed by atoms with E-state index in [4.69, 9.17) is 38.8 Å². The topological polar surface area (TPSA) is 125 Å². The van der Waals surface area contributed by atoms with E-state index in [-0.39, 0.29) is 0 Å². The summed E-state index contributed by atoms with van der Waals surface area (Å²) in [6.07, 6.45) is 6.99. The summed E-state index contributed by atoms with van der Waals surface area (Å²) in [5.41, 5.74) is 10.5. The number of nitrogens with one attached hydrogen (secondary N) is 2. The molecule has 1 aromatic heterocycles. The first-order valence-corrected chi connectivity index (χ1v) is 9.51. The highest BCUT2D eigenvalue weighted by molar-refractivity contribution is 6.52. The minimum atomic E-state index is -1.29. The van der Waals surface area contributed by atoms with E-state index in [1.807, 2.05) is 24.4 Å². The van der Waals surface area contributed by atoms with Crippen molar-refractivity contribution in [3.63, 3.8) is 0 Å². The van der Waals surface area contributed by atoms with Crippen molar-refractivity contribution < 1.29 is 14.6 Å². The van der Waals surface area contributed by atoms with E-state index in [0.717, 1.165) is 41.6 Å². The Morgan fingerprint density at radius 2 is 2.14 bits per heavy atom. The van der Waals surface area contributed by atoms with Crippen LogP contribution in [0.25, 0.3) is 10.9 Å². The van der Waals surface area contributed by atoms with Crippen molar-refractivity contribution in [3.8, 4) is 5.75 Å². The van der Waals surface area contributed by atoms with Gasteiger partial charge in [0, 0.05) is 29.2 Å². The number of halogens is 2. The van der Waals surface area contributed by atoms with Gasteiger partial charge >= 0.3 is 5.97 Å². The van der Waals surface area contributed by atoms with E-state index in [1.54, 1.807) is 13.3 Å². The van der Waals surface area contributed by atoms with Gasteiger partial charge in [-0.05, 0) is 24.6 Å². The maximum atomic E-state index is 9.44. The van der Waals surface area contributed by atoms with Gasteiger partial charge < -0.3 is 20.6 Å². The van der Waals surface area contributed by atoms with Crippen molar-refractivity contribution in [2.75, 3.05) is 13.7 Å². The number of guanidine groups is 1. The van der Waals surface area contributed by atoms with Crippen LogP contribution in [0.2, 0.25) is 0 Å². The van der Waals surface area contributed by atoms with Crippen LogP contribution in [-0.2, 0) is 4.79 Å². The van der Waals surface area contributed by atoms with E-state index in [9.17, 15) is 4.79 Å². The molecular formula is C18H25Cl2N5O3. The highest BCUT2D eigenvalue weighted by atomic mass is 35.5. The van der Waals surface area contributed by atoms with Crippen molar-refractivity contribution in [2.45, 2.75) is 31.0 Å². The third-order valence-corrected chi connectivity index (χ3v) is 3.91. The number of unbranched alkanes of at least 4 members (excludes halogenated alkanes) is 2. The smallest absolute Gasteiger partial charge is 0.337 e. The van der Waals surface area contributed by atoms with Crippen LogP contribution in [0, 0.1) is 0 Å². The monoisotopic (exact) mass is 429 g/mol. The van der Waals surface area contributed by atoms with Gasteiger partial charge in [0.15, 0.2) is 0 Å². The molecule has 2 rings (SSSR count). The second-order valence-corrected chi connectivity index (χ2v) is 6.73. The number of nitrogens with two attached hydrogens (primary N) is 1. The molecule has 0 aliphatic rings. The number of hydrogen-bond donors (Lipinski definition) is 4. The van der Waals surface area contributed by atoms with Gasteiger partial charge in [-0.25, -0.2) is 10.2 Å². The lowest BCUT2D eigenvalue weighted by Crippen LogP contribution is -2.27. The summed E-state index contributed by atoms with van der Waals surface area (Å²) in [5.74, 6) is -0.0604. The average molecular weight is 430 g/mol. The van der Waals surface area contributed by atoms with Gasteiger partial charge in [-0.1, -0.05) is 43.0 Å². The SMILES string of the molecule is CCCCCN=C(N)N/N=C\c1c[nH]c2ccc(OC)cc12.O=C(O)C(Cl)Cl. The Labute approximate surface area is 173 Å². The maximum absolute atomic E-state index is 9.44. The number of aromatic amines is 1. The molecule has 0 aliphatic heterocycles. The number of aliphatic imine (C=N–C) groups is 1. The third kappa shape index (κ3) is 8.49. The lowest BCUT2D eigenvalue weighted by atomic mass is 10.2. The van der Waals surface area contributed by atoms with Crippen molar-refractivity contribution >= 4 is 52.2 Å². The molecule has 0 saturated carbocycles. The number of aromatic nitrogens is 1. The fourth-order valence-corrected chi connectivity index (χ4v) is 2.12. The van der Waals surface area contributed by atoms with Gasteiger partial charge in [-0.15, -0.1) is 0 Å². The van der Waals surface area contributed by atoms with Crippen molar-refractivity contribution in [3.05, 3.63) is 30.0 Å². The first-order valence-electron chi connectivity index (χ1n) is 8.64. The minimum absolute atomic E-state index is 0.338. The summed E-state index contributed by atoms with van der Waals surface area (Å²) < 4.78 is 5.24. The van der Waals surface area contributed by atoms with Crippen LogP contribution in [0.5, 0.6) is 5.75 Å². The van der Waals surface area contributed by atoms with Crippen LogP contribution >= 0.6 is 23.2 Å². The van der Waals surface area contributed by atoms with Gasteiger partial charge in [0.25, 0.3) is 0 Å². The summed E-state index contributed by atoms with van der Waals surface area (Å²) in [5, 5.41) is 12.9. The summed E-state index contributed by atoms with van der Waals surface area (Å²) in [6.45, 7) is 2.89. The summed E-state index contributed by atoms with van der Waals surface area (Å²) in [6, 6.07) is 5.86. The number of ether oxygens (including phenoxy) is 1. The van der Waals surface area contributed by atoms with Crippen molar-refractivity contribution in [1.29, 1.82) is 0 Å². The van der Waals surface area contributed by atoms with E-state index >= 15 is 0 Å². The Bertz CT molecular complexity index is 806. The lowest BCUT2D eigenvalue weighted by Gasteiger charge is -2.00. The molecule has 0 bridgehead atoms. The number of fused-ring (bicyclic) bond motifs is 1. The summed E-state index contributed by atoms with van der Waals surface area (Å²) >= 11 is 9.56. The maximum Gasteiger partial charge on any atom is 0.337 e. The largest absolute Gasteiger partial charge is 0.497 e. The molecule has 1 heterocycles. The Morgan fingerprint density at radius 1 is 1.43 bits per heavy atom. The van der Waals surface area contributed by atoms with Crippen LogP contribution in [0.15, 0.2) is 34.5 Å². The molecule has 2 aromatic rings. The number of alkyl halides is 2. The zero-order chi connectivity index (χ0) is 20.9. The van der Waals surface area contributed by atoms with Gasteiger partial charge in [-0.2, -0.15) is 5.10 Å². The van der Waals surface area contributed by atoms with Crippen molar-refractivity contribution in [2.24, 2.45) is 15.8 Å². The predicted octanol–water partition coefficient (Wildman–Crippen LogP) is 3.48. The molecule has 0 unspecified atom stereocenters. The second kappa shape index (κ2) is 12.9. The predicted molar refractivity (Wildman–Crippen MR) is 115 cm³/mol. The van der Waals surface area contributed by atoms with Gasteiger partial charge in [0.05, 0.1) is 13.3 Å². The van der Waals surface area contributed by atoms with E-state index in [1.165, 1.54) is 6.42 Å². The minimum Gasteiger partial charge on any atom is -0.497 e. The number of hydrogen-bond acceptors (Lipinski definition) is 4. The molecule has 1 aromatic carbocycles. The molecule has 10 heteroatoms. The fourth-order valence-electron chi connectivity index (χ4n) is 2.12. The first-order chi connectivity index (χ1) is 13.4. The quantitative estimate of drug-likeness (QED) is 0.168. The average Bonchev–Trinajstić information content (AvgIpc) is 3.08. The molecule has 0 atom stereocenters. The highest BCUT2D eigenvalue weighted by Crippen LogP contribution is 2.22.